The van der Waals surface area contributed by atoms with Crippen molar-refractivity contribution in [1.82, 2.24) is 14.5 Å². The molecule has 3 aromatic rings. The van der Waals surface area contributed by atoms with Crippen LogP contribution in [0.2, 0.25) is 0 Å². The Morgan fingerprint density at radius 2 is 1.89 bits per heavy atom. The minimum absolute atomic E-state index is 0.0370. The first kappa shape index (κ1) is 20.0. The van der Waals surface area contributed by atoms with Crippen molar-refractivity contribution in [2.45, 2.75) is 18.2 Å². The van der Waals surface area contributed by atoms with Gasteiger partial charge in [-0.3, -0.25) is 4.68 Å². The number of aryl methyl sites for hydroxylation is 1. The van der Waals surface area contributed by atoms with Crippen LogP contribution in [0.3, 0.4) is 0 Å². The smallest absolute Gasteiger partial charge is 0.240 e. The number of sulfonamides is 1. The van der Waals surface area contributed by atoms with Crippen molar-refractivity contribution in [2.75, 3.05) is 13.2 Å². The zero-order valence-corrected chi connectivity index (χ0v) is 16.5. The zero-order chi connectivity index (χ0) is 20.1. The van der Waals surface area contributed by atoms with E-state index < -0.39 is 15.8 Å². The summed E-state index contributed by atoms with van der Waals surface area (Å²) in [6.07, 6.45) is 2.26. The van der Waals surface area contributed by atoms with Crippen molar-refractivity contribution >= 4 is 10.0 Å². The van der Waals surface area contributed by atoms with Crippen molar-refractivity contribution in [3.63, 3.8) is 0 Å². The van der Waals surface area contributed by atoms with E-state index in [9.17, 15) is 12.8 Å². The molecule has 0 aliphatic carbocycles. The van der Waals surface area contributed by atoms with Gasteiger partial charge < -0.3 is 4.74 Å². The summed E-state index contributed by atoms with van der Waals surface area (Å²) >= 11 is 0. The average Bonchev–Trinajstić information content (AvgIpc) is 3.10. The van der Waals surface area contributed by atoms with Gasteiger partial charge in [0.2, 0.25) is 10.0 Å². The number of benzene rings is 2. The molecule has 6 nitrogen and oxygen atoms in total. The lowest BCUT2D eigenvalue weighted by molar-refractivity contribution is 0.321. The normalized spacial score (nSPS) is 11.5. The Hall–Kier alpha value is -2.71. The van der Waals surface area contributed by atoms with Gasteiger partial charge in [0.25, 0.3) is 0 Å². The van der Waals surface area contributed by atoms with E-state index in [1.165, 1.54) is 12.1 Å². The number of nitrogens with one attached hydrogen (secondary N) is 1. The quantitative estimate of drug-likeness (QED) is 0.627. The fraction of sp³-hybridized carbons (Fsp3) is 0.250. The number of ether oxygens (including phenoxy) is 1. The van der Waals surface area contributed by atoms with E-state index in [0.717, 1.165) is 22.9 Å². The lowest BCUT2D eigenvalue weighted by atomic mass is 10.1. The summed E-state index contributed by atoms with van der Waals surface area (Å²) in [6.45, 7) is 2.25. The van der Waals surface area contributed by atoms with Gasteiger partial charge in [0.05, 0.1) is 17.2 Å². The third-order valence-electron chi connectivity index (χ3n) is 4.29. The van der Waals surface area contributed by atoms with Crippen LogP contribution in [0.5, 0.6) is 5.75 Å². The van der Waals surface area contributed by atoms with E-state index in [1.54, 1.807) is 17.8 Å². The van der Waals surface area contributed by atoms with Gasteiger partial charge in [0.1, 0.15) is 0 Å². The molecule has 0 spiro atoms. The van der Waals surface area contributed by atoms with Gasteiger partial charge in [0, 0.05) is 19.8 Å². The molecule has 8 heteroatoms. The SMILES string of the molecule is CCOc1ccc(S(=O)(=O)NCCc2ccc(-c3ccnn3C)cc2)cc1F. The topological polar surface area (TPSA) is 73.2 Å². The van der Waals surface area contributed by atoms with E-state index in [0.29, 0.717) is 13.0 Å². The van der Waals surface area contributed by atoms with Gasteiger partial charge in [-0.15, -0.1) is 0 Å². The first-order valence-corrected chi connectivity index (χ1v) is 10.4. The lowest BCUT2D eigenvalue weighted by Crippen LogP contribution is -2.26. The number of hydrogen-bond acceptors (Lipinski definition) is 4. The molecule has 148 valence electrons. The second kappa shape index (κ2) is 8.53. The maximum absolute atomic E-state index is 13.9. The van der Waals surface area contributed by atoms with Gasteiger partial charge in [-0.25, -0.2) is 17.5 Å². The highest BCUT2D eigenvalue weighted by Crippen LogP contribution is 2.21. The van der Waals surface area contributed by atoms with E-state index in [4.69, 9.17) is 4.74 Å². The fourth-order valence-corrected chi connectivity index (χ4v) is 3.88. The molecule has 2 aromatic carbocycles. The van der Waals surface area contributed by atoms with Crippen LogP contribution in [0.25, 0.3) is 11.3 Å². The van der Waals surface area contributed by atoms with Crippen LogP contribution >= 0.6 is 0 Å². The van der Waals surface area contributed by atoms with Crippen LogP contribution in [0.15, 0.2) is 59.6 Å². The summed E-state index contributed by atoms with van der Waals surface area (Å²) in [6, 6.07) is 13.4. The maximum Gasteiger partial charge on any atom is 0.240 e. The Morgan fingerprint density at radius 1 is 1.14 bits per heavy atom. The highest BCUT2D eigenvalue weighted by Gasteiger charge is 2.16. The summed E-state index contributed by atoms with van der Waals surface area (Å²) in [5, 5.41) is 4.15. The van der Waals surface area contributed by atoms with Crippen LogP contribution in [-0.4, -0.2) is 31.3 Å². The lowest BCUT2D eigenvalue weighted by Gasteiger charge is -2.09. The Morgan fingerprint density at radius 3 is 2.50 bits per heavy atom. The second-order valence-electron chi connectivity index (χ2n) is 6.21. The molecular weight excluding hydrogens is 381 g/mol. The first-order chi connectivity index (χ1) is 13.4. The minimum Gasteiger partial charge on any atom is -0.491 e. The van der Waals surface area contributed by atoms with Crippen molar-refractivity contribution < 1.29 is 17.5 Å². The molecule has 0 unspecified atom stereocenters. The summed E-state index contributed by atoms with van der Waals surface area (Å²) in [5.41, 5.74) is 3.03. The molecule has 0 aliphatic heterocycles. The molecule has 0 saturated carbocycles. The number of nitrogens with zero attached hydrogens (tertiary/aromatic N) is 2. The van der Waals surface area contributed by atoms with Gasteiger partial charge in [0.15, 0.2) is 11.6 Å². The van der Waals surface area contributed by atoms with Crippen LogP contribution in [0.4, 0.5) is 4.39 Å². The van der Waals surface area contributed by atoms with E-state index in [-0.39, 0.29) is 17.2 Å². The fourth-order valence-electron chi connectivity index (χ4n) is 2.83. The molecule has 1 N–H and O–H groups in total. The molecule has 0 saturated heterocycles. The third-order valence-corrected chi connectivity index (χ3v) is 5.75. The first-order valence-electron chi connectivity index (χ1n) is 8.90. The van der Waals surface area contributed by atoms with Crippen LogP contribution in [0.1, 0.15) is 12.5 Å². The Bertz CT molecular complexity index is 1050. The molecule has 1 heterocycles. The van der Waals surface area contributed by atoms with E-state index >= 15 is 0 Å². The molecule has 0 atom stereocenters. The summed E-state index contributed by atoms with van der Waals surface area (Å²) in [7, 11) is -1.91. The van der Waals surface area contributed by atoms with Crippen molar-refractivity contribution in [3.8, 4) is 17.0 Å². The second-order valence-corrected chi connectivity index (χ2v) is 7.98. The molecule has 28 heavy (non-hydrogen) atoms. The molecule has 0 aliphatic rings. The standard InChI is InChI=1S/C20H22FN3O3S/c1-3-27-20-9-8-17(14-18(20)21)28(25,26)23-13-10-15-4-6-16(7-5-15)19-11-12-22-24(19)2/h4-9,11-12,14,23H,3,10,13H2,1-2H3. The molecule has 0 bridgehead atoms. The monoisotopic (exact) mass is 403 g/mol. The van der Waals surface area contributed by atoms with Gasteiger partial charge in [-0.2, -0.15) is 5.10 Å². The third kappa shape index (κ3) is 4.58. The molecular formula is C20H22FN3O3S. The number of halogens is 1. The van der Waals surface area contributed by atoms with E-state index in [2.05, 4.69) is 9.82 Å². The van der Waals surface area contributed by atoms with Crippen molar-refractivity contribution in [3.05, 3.63) is 66.1 Å². The highest BCUT2D eigenvalue weighted by atomic mass is 32.2. The Kier molecular flexibility index (Phi) is 6.11. The van der Waals surface area contributed by atoms with Crippen molar-refractivity contribution in [2.24, 2.45) is 7.05 Å². The number of hydrogen-bond donors (Lipinski definition) is 1. The minimum atomic E-state index is -3.79. The summed E-state index contributed by atoms with van der Waals surface area (Å²) in [4.78, 5) is -0.125. The summed E-state index contributed by atoms with van der Waals surface area (Å²) < 4.78 is 48.0. The van der Waals surface area contributed by atoms with Gasteiger partial charge >= 0.3 is 0 Å². The van der Waals surface area contributed by atoms with Gasteiger partial charge in [-0.05, 0) is 48.7 Å². The largest absolute Gasteiger partial charge is 0.491 e. The Labute approximate surface area is 164 Å². The van der Waals surface area contributed by atoms with Crippen LogP contribution in [0, 0.1) is 5.82 Å². The molecule has 0 fully saturated rings. The maximum atomic E-state index is 13.9. The molecule has 1 aromatic heterocycles. The van der Waals surface area contributed by atoms with E-state index in [1.807, 2.05) is 37.4 Å². The predicted molar refractivity (Wildman–Crippen MR) is 105 cm³/mol. The van der Waals surface area contributed by atoms with Gasteiger partial charge in [-0.1, -0.05) is 24.3 Å². The van der Waals surface area contributed by atoms with Crippen LogP contribution < -0.4 is 9.46 Å². The number of aromatic nitrogens is 2. The van der Waals surface area contributed by atoms with Crippen LogP contribution in [-0.2, 0) is 23.5 Å². The average molecular weight is 403 g/mol. The summed E-state index contributed by atoms with van der Waals surface area (Å²) in [5.74, 6) is -0.662. The predicted octanol–water partition coefficient (Wildman–Crippen LogP) is 3.15. The number of rotatable bonds is 8. The molecule has 3 rings (SSSR count). The molecule has 0 radical (unpaired) electrons. The highest BCUT2D eigenvalue weighted by molar-refractivity contribution is 7.89. The zero-order valence-electron chi connectivity index (χ0n) is 15.7. The molecule has 0 amide bonds. The Balaban J connectivity index is 1.61. The van der Waals surface area contributed by atoms with Crippen molar-refractivity contribution in [1.29, 1.82) is 0 Å².